The molecule has 1 aromatic carbocycles. The monoisotopic (exact) mass is 372 g/mol. The van der Waals surface area contributed by atoms with E-state index in [-0.39, 0.29) is 11.5 Å². The molecular weight excluding hydrogens is 352 g/mol. The highest BCUT2D eigenvalue weighted by Crippen LogP contribution is 2.25. The standard InChI is InChI=1S/C16H20O10/c17-6-11(20)14(23)16(25)15(24)12(21)7-26-13(22)4-2-8-1-3-9(18)10(19)5-8/h1-5,12,14-19,21,23-25H,6-7H2. The number of esters is 1. The van der Waals surface area contributed by atoms with E-state index >= 15 is 0 Å². The number of ketones is 1. The van der Waals surface area contributed by atoms with Gasteiger partial charge in [-0.15, -0.1) is 0 Å². The largest absolute Gasteiger partial charge is 0.504 e. The van der Waals surface area contributed by atoms with Gasteiger partial charge in [-0.05, 0) is 23.8 Å². The van der Waals surface area contributed by atoms with Crippen LogP contribution in [0.4, 0.5) is 0 Å². The minimum Gasteiger partial charge on any atom is -0.504 e. The first-order valence-electron chi connectivity index (χ1n) is 7.40. The molecule has 0 aromatic heterocycles. The lowest BCUT2D eigenvalue weighted by molar-refractivity contribution is -0.156. The molecule has 10 heteroatoms. The number of rotatable bonds is 9. The zero-order valence-electron chi connectivity index (χ0n) is 13.5. The molecule has 10 nitrogen and oxygen atoms in total. The fraction of sp³-hybridized carbons (Fsp3) is 0.375. The van der Waals surface area contributed by atoms with Crippen LogP contribution in [0.15, 0.2) is 24.3 Å². The van der Waals surface area contributed by atoms with E-state index in [9.17, 15) is 35.1 Å². The molecule has 0 saturated carbocycles. The third-order valence-electron chi connectivity index (χ3n) is 3.36. The van der Waals surface area contributed by atoms with E-state index in [1.165, 1.54) is 24.3 Å². The summed E-state index contributed by atoms with van der Waals surface area (Å²) in [4.78, 5) is 22.6. The lowest BCUT2D eigenvalue weighted by Crippen LogP contribution is -2.49. The van der Waals surface area contributed by atoms with E-state index < -0.39 is 49.4 Å². The van der Waals surface area contributed by atoms with E-state index in [0.717, 1.165) is 6.08 Å². The van der Waals surface area contributed by atoms with Crippen LogP contribution in [0.1, 0.15) is 5.56 Å². The summed E-state index contributed by atoms with van der Waals surface area (Å²) >= 11 is 0. The first-order valence-corrected chi connectivity index (χ1v) is 7.40. The van der Waals surface area contributed by atoms with Crippen LogP contribution in [-0.4, -0.2) is 85.1 Å². The molecular formula is C16H20O10. The third-order valence-corrected chi connectivity index (χ3v) is 3.36. The first kappa shape index (κ1) is 21.5. The first-order chi connectivity index (χ1) is 12.2. The number of Topliss-reactive ketones (excluding diaryl/α,β-unsaturated/α-hetero) is 1. The Morgan fingerprint density at radius 1 is 1.04 bits per heavy atom. The van der Waals surface area contributed by atoms with Crippen molar-refractivity contribution in [2.45, 2.75) is 24.4 Å². The second-order valence-electron chi connectivity index (χ2n) is 5.33. The summed E-state index contributed by atoms with van der Waals surface area (Å²) in [6.45, 7) is -1.81. The smallest absolute Gasteiger partial charge is 0.330 e. The summed E-state index contributed by atoms with van der Waals surface area (Å²) in [5, 5.41) is 65.2. The molecule has 0 spiro atoms. The molecule has 0 fully saturated rings. The number of hydrogen-bond donors (Lipinski definition) is 7. The van der Waals surface area contributed by atoms with Gasteiger partial charge in [-0.1, -0.05) is 6.07 Å². The minimum atomic E-state index is -2.11. The van der Waals surface area contributed by atoms with Gasteiger partial charge in [0.2, 0.25) is 0 Å². The molecule has 0 heterocycles. The van der Waals surface area contributed by atoms with Crippen molar-refractivity contribution >= 4 is 17.8 Å². The maximum atomic E-state index is 11.5. The Balaban J connectivity index is 2.53. The molecule has 26 heavy (non-hydrogen) atoms. The highest BCUT2D eigenvalue weighted by Gasteiger charge is 2.34. The minimum absolute atomic E-state index is 0.331. The van der Waals surface area contributed by atoms with Gasteiger partial charge in [-0.25, -0.2) is 4.79 Å². The van der Waals surface area contributed by atoms with Crippen LogP contribution in [-0.2, 0) is 14.3 Å². The maximum absolute atomic E-state index is 11.5. The number of aromatic hydroxyl groups is 2. The van der Waals surface area contributed by atoms with E-state index in [2.05, 4.69) is 4.74 Å². The third kappa shape index (κ3) is 6.10. The van der Waals surface area contributed by atoms with Crippen LogP contribution in [0, 0.1) is 0 Å². The summed E-state index contributed by atoms with van der Waals surface area (Å²) in [5.41, 5.74) is 0.374. The molecule has 0 amide bonds. The van der Waals surface area contributed by atoms with Crippen LogP contribution < -0.4 is 0 Å². The summed E-state index contributed by atoms with van der Waals surface area (Å²) in [7, 11) is 0. The molecule has 4 atom stereocenters. The van der Waals surface area contributed by atoms with Crippen molar-refractivity contribution in [2.24, 2.45) is 0 Å². The van der Waals surface area contributed by atoms with Crippen molar-refractivity contribution in [1.82, 2.24) is 0 Å². The topological polar surface area (TPSA) is 185 Å². The Morgan fingerprint density at radius 2 is 1.69 bits per heavy atom. The molecule has 144 valence electrons. The Labute approximate surface area is 147 Å². The van der Waals surface area contributed by atoms with Crippen molar-refractivity contribution in [2.75, 3.05) is 13.2 Å². The van der Waals surface area contributed by atoms with Gasteiger partial charge in [0.1, 0.15) is 37.6 Å². The van der Waals surface area contributed by atoms with Crippen LogP contribution in [0.3, 0.4) is 0 Å². The van der Waals surface area contributed by atoms with Crippen molar-refractivity contribution in [3.8, 4) is 11.5 Å². The van der Waals surface area contributed by atoms with Gasteiger partial charge < -0.3 is 40.5 Å². The predicted octanol–water partition coefficient (Wildman–Crippen LogP) is -2.34. The second-order valence-corrected chi connectivity index (χ2v) is 5.33. The molecule has 0 aliphatic heterocycles. The second kappa shape index (κ2) is 9.85. The van der Waals surface area contributed by atoms with Crippen LogP contribution in [0.5, 0.6) is 11.5 Å². The fourth-order valence-corrected chi connectivity index (χ4v) is 1.82. The lowest BCUT2D eigenvalue weighted by Gasteiger charge is -2.25. The predicted molar refractivity (Wildman–Crippen MR) is 85.9 cm³/mol. The van der Waals surface area contributed by atoms with Gasteiger partial charge in [0, 0.05) is 6.08 Å². The SMILES string of the molecule is O=C(C=Cc1ccc(O)c(O)c1)OCC(O)C(O)C(O)C(O)C(=O)CO. The van der Waals surface area contributed by atoms with Crippen LogP contribution in [0.25, 0.3) is 6.08 Å². The van der Waals surface area contributed by atoms with E-state index in [1.807, 2.05) is 0 Å². The van der Waals surface area contributed by atoms with E-state index in [1.54, 1.807) is 0 Å². The van der Waals surface area contributed by atoms with Gasteiger partial charge in [-0.3, -0.25) is 4.79 Å². The van der Waals surface area contributed by atoms with Gasteiger partial charge in [-0.2, -0.15) is 0 Å². The molecule has 0 aliphatic carbocycles. The Kier molecular flexibility index (Phi) is 8.16. The number of aliphatic hydroxyl groups excluding tert-OH is 5. The zero-order chi connectivity index (χ0) is 19.9. The van der Waals surface area contributed by atoms with Crippen molar-refractivity contribution in [3.05, 3.63) is 29.8 Å². The van der Waals surface area contributed by atoms with Crippen LogP contribution in [0.2, 0.25) is 0 Å². The highest BCUT2D eigenvalue weighted by atomic mass is 16.5. The van der Waals surface area contributed by atoms with E-state index in [0.29, 0.717) is 5.56 Å². The fourth-order valence-electron chi connectivity index (χ4n) is 1.82. The average molecular weight is 372 g/mol. The van der Waals surface area contributed by atoms with Gasteiger partial charge in [0.15, 0.2) is 17.3 Å². The molecule has 1 aromatic rings. The van der Waals surface area contributed by atoms with Crippen LogP contribution >= 0.6 is 0 Å². The number of aliphatic hydroxyl groups is 5. The van der Waals surface area contributed by atoms with Crippen molar-refractivity contribution in [3.63, 3.8) is 0 Å². The molecule has 4 unspecified atom stereocenters. The molecule has 0 saturated heterocycles. The Morgan fingerprint density at radius 3 is 2.27 bits per heavy atom. The quantitative estimate of drug-likeness (QED) is 0.141. The average Bonchev–Trinajstić information content (AvgIpc) is 2.64. The van der Waals surface area contributed by atoms with Gasteiger partial charge in [0.25, 0.3) is 0 Å². The Hall–Kier alpha value is -2.50. The van der Waals surface area contributed by atoms with Crippen molar-refractivity contribution in [1.29, 1.82) is 0 Å². The maximum Gasteiger partial charge on any atom is 0.330 e. The summed E-state index contributed by atoms with van der Waals surface area (Å²) in [5.74, 6) is -2.79. The number of ether oxygens (including phenoxy) is 1. The lowest BCUT2D eigenvalue weighted by atomic mass is 10.0. The van der Waals surface area contributed by atoms with E-state index in [4.69, 9.17) is 10.2 Å². The summed E-state index contributed by atoms with van der Waals surface area (Å²) in [6.07, 6.45) is -5.80. The molecule has 0 aliphatic rings. The summed E-state index contributed by atoms with van der Waals surface area (Å²) in [6, 6.07) is 3.81. The normalized spacial score (nSPS) is 16.0. The zero-order valence-corrected chi connectivity index (χ0v) is 13.5. The van der Waals surface area contributed by atoms with Crippen molar-refractivity contribution < 1.29 is 50.1 Å². The molecule has 0 bridgehead atoms. The molecule has 7 N–H and O–H groups in total. The molecule has 0 radical (unpaired) electrons. The van der Waals surface area contributed by atoms with Gasteiger partial charge in [0.05, 0.1) is 0 Å². The molecule has 1 rings (SSSR count). The Bertz CT molecular complexity index is 656. The number of benzene rings is 1. The number of phenolic OH excluding ortho intramolecular Hbond substituents is 2. The summed E-state index contributed by atoms with van der Waals surface area (Å²) < 4.78 is 4.64. The number of carbonyl (C=O) groups excluding carboxylic acids is 2. The highest BCUT2D eigenvalue weighted by molar-refractivity contribution is 5.87. The van der Waals surface area contributed by atoms with Gasteiger partial charge >= 0.3 is 5.97 Å². The number of phenols is 2. The number of hydrogen-bond acceptors (Lipinski definition) is 10. The number of carbonyl (C=O) groups is 2.